The highest BCUT2D eigenvalue weighted by atomic mass is 19.1. The molecule has 0 N–H and O–H groups in total. The summed E-state index contributed by atoms with van der Waals surface area (Å²) in [5.41, 5.74) is 2.27. The monoisotopic (exact) mass is 370 g/mol. The van der Waals surface area contributed by atoms with E-state index in [0.29, 0.717) is 11.8 Å². The van der Waals surface area contributed by atoms with E-state index >= 15 is 0 Å². The van der Waals surface area contributed by atoms with Gasteiger partial charge in [-0.3, -0.25) is 0 Å². The highest BCUT2D eigenvalue weighted by molar-refractivity contribution is 5.30. The zero-order valence-electron chi connectivity index (χ0n) is 17.6. The lowest BCUT2D eigenvalue weighted by Gasteiger charge is -2.37. The summed E-state index contributed by atoms with van der Waals surface area (Å²) in [5, 5.41) is 0. The standard InChI is InChI=1S/C26H39F/c1-18-3-7-20(8-4-18)21-11-13-23(14-12-21)25-16-15-24(17-26(25)27)22-9-5-19(2)6-10-22/h15-23H,3-14H2,1-2H3/t18-,19?,20+,21?,22?,23?. The number of hydrogen-bond acceptors (Lipinski definition) is 0. The lowest BCUT2D eigenvalue weighted by atomic mass is 9.68. The van der Waals surface area contributed by atoms with Gasteiger partial charge in [0, 0.05) is 0 Å². The van der Waals surface area contributed by atoms with E-state index in [1.54, 1.807) is 0 Å². The minimum absolute atomic E-state index is 0.0843. The number of rotatable bonds is 3. The van der Waals surface area contributed by atoms with Crippen LogP contribution >= 0.6 is 0 Å². The van der Waals surface area contributed by atoms with E-state index < -0.39 is 0 Å². The molecule has 1 aromatic carbocycles. The first-order valence-corrected chi connectivity index (χ1v) is 11.9. The summed E-state index contributed by atoms with van der Waals surface area (Å²) in [7, 11) is 0. The van der Waals surface area contributed by atoms with Crippen molar-refractivity contribution in [3.63, 3.8) is 0 Å². The summed E-state index contributed by atoms with van der Waals surface area (Å²) in [4.78, 5) is 0. The average molecular weight is 371 g/mol. The van der Waals surface area contributed by atoms with Crippen molar-refractivity contribution >= 4 is 0 Å². The molecular formula is C26H39F. The van der Waals surface area contributed by atoms with Crippen LogP contribution < -0.4 is 0 Å². The molecule has 150 valence electrons. The Labute approximate surface area is 166 Å². The van der Waals surface area contributed by atoms with Crippen molar-refractivity contribution in [2.24, 2.45) is 23.7 Å². The molecule has 0 aromatic heterocycles. The summed E-state index contributed by atoms with van der Waals surface area (Å²) in [6.07, 6.45) is 15.9. The zero-order chi connectivity index (χ0) is 18.8. The summed E-state index contributed by atoms with van der Waals surface area (Å²) >= 11 is 0. The molecule has 0 atom stereocenters. The predicted octanol–water partition coefficient (Wildman–Crippen LogP) is 8.22. The van der Waals surface area contributed by atoms with Crippen molar-refractivity contribution in [2.45, 2.75) is 103 Å². The Morgan fingerprint density at radius 3 is 1.67 bits per heavy atom. The molecule has 3 fully saturated rings. The van der Waals surface area contributed by atoms with E-state index in [9.17, 15) is 4.39 Å². The van der Waals surface area contributed by atoms with Gasteiger partial charge in [-0.1, -0.05) is 51.7 Å². The minimum atomic E-state index is 0.0843. The fourth-order valence-electron chi connectivity index (χ4n) is 6.38. The Bertz CT molecular complexity index is 597. The van der Waals surface area contributed by atoms with Crippen LogP contribution in [0.3, 0.4) is 0 Å². The molecule has 3 aliphatic rings. The largest absolute Gasteiger partial charge is 0.207 e. The maximum absolute atomic E-state index is 15.0. The van der Waals surface area contributed by atoms with Gasteiger partial charge in [0.25, 0.3) is 0 Å². The second kappa shape index (κ2) is 8.66. The van der Waals surface area contributed by atoms with Gasteiger partial charge in [0.15, 0.2) is 0 Å². The van der Waals surface area contributed by atoms with Gasteiger partial charge in [-0.2, -0.15) is 0 Å². The molecule has 0 heterocycles. The minimum Gasteiger partial charge on any atom is -0.207 e. The van der Waals surface area contributed by atoms with Crippen molar-refractivity contribution in [2.75, 3.05) is 0 Å². The maximum Gasteiger partial charge on any atom is 0.126 e. The Hall–Kier alpha value is -0.850. The molecule has 0 bridgehead atoms. The summed E-state index contributed by atoms with van der Waals surface area (Å²) in [6, 6.07) is 6.30. The molecule has 1 heteroatoms. The number of hydrogen-bond donors (Lipinski definition) is 0. The van der Waals surface area contributed by atoms with Gasteiger partial charge in [0.05, 0.1) is 0 Å². The second-order valence-electron chi connectivity index (χ2n) is 10.4. The topological polar surface area (TPSA) is 0 Å². The van der Waals surface area contributed by atoms with Gasteiger partial charge >= 0.3 is 0 Å². The van der Waals surface area contributed by atoms with Crippen molar-refractivity contribution in [1.82, 2.24) is 0 Å². The molecule has 0 nitrogen and oxygen atoms in total. The van der Waals surface area contributed by atoms with Crippen LogP contribution in [0.5, 0.6) is 0 Å². The summed E-state index contributed by atoms with van der Waals surface area (Å²) in [6.45, 7) is 4.76. The first-order chi connectivity index (χ1) is 13.1. The van der Waals surface area contributed by atoms with Crippen LogP contribution in [-0.2, 0) is 0 Å². The zero-order valence-corrected chi connectivity index (χ0v) is 17.6. The Morgan fingerprint density at radius 2 is 1.11 bits per heavy atom. The Kier molecular flexibility index (Phi) is 6.25. The van der Waals surface area contributed by atoms with Crippen LogP contribution in [0.15, 0.2) is 18.2 Å². The normalized spacial score (nSPS) is 37.9. The fraction of sp³-hybridized carbons (Fsp3) is 0.769. The quantitative estimate of drug-likeness (QED) is 0.502. The number of benzene rings is 1. The molecule has 4 rings (SSSR count). The molecular weight excluding hydrogens is 331 g/mol. The Morgan fingerprint density at radius 1 is 0.630 bits per heavy atom. The molecule has 0 saturated heterocycles. The molecule has 0 unspecified atom stereocenters. The molecule has 0 amide bonds. The third kappa shape index (κ3) is 4.60. The highest BCUT2D eigenvalue weighted by Gasteiger charge is 2.31. The second-order valence-corrected chi connectivity index (χ2v) is 10.4. The van der Waals surface area contributed by atoms with Gasteiger partial charge in [0.1, 0.15) is 5.82 Å². The van der Waals surface area contributed by atoms with Crippen LogP contribution in [0.2, 0.25) is 0 Å². The van der Waals surface area contributed by atoms with E-state index in [-0.39, 0.29) is 5.82 Å². The van der Waals surface area contributed by atoms with Gasteiger partial charge in [-0.05, 0) is 104 Å². The van der Waals surface area contributed by atoms with Crippen LogP contribution in [0.4, 0.5) is 4.39 Å². The molecule has 0 aliphatic heterocycles. The molecule has 3 aliphatic carbocycles. The van der Waals surface area contributed by atoms with E-state index in [4.69, 9.17) is 0 Å². The molecule has 0 spiro atoms. The van der Waals surface area contributed by atoms with Crippen molar-refractivity contribution in [3.8, 4) is 0 Å². The van der Waals surface area contributed by atoms with E-state index in [1.165, 1.54) is 82.6 Å². The highest BCUT2D eigenvalue weighted by Crippen LogP contribution is 2.44. The van der Waals surface area contributed by atoms with Gasteiger partial charge in [0.2, 0.25) is 0 Å². The van der Waals surface area contributed by atoms with Crippen molar-refractivity contribution in [3.05, 3.63) is 35.1 Å². The predicted molar refractivity (Wildman–Crippen MR) is 113 cm³/mol. The van der Waals surface area contributed by atoms with E-state index in [0.717, 1.165) is 29.2 Å². The van der Waals surface area contributed by atoms with Crippen molar-refractivity contribution < 1.29 is 4.39 Å². The average Bonchev–Trinajstić information content (AvgIpc) is 2.69. The SMILES string of the molecule is CC1CCC(c2ccc(C3CCC([C@H]4CC[C@@H](C)CC4)CC3)c(F)c2)CC1. The Balaban J connectivity index is 1.34. The molecule has 0 radical (unpaired) electrons. The maximum atomic E-state index is 15.0. The lowest BCUT2D eigenvalue weighted by Crippen LogP contribution is -2.25. The van der Waals surface area contributed by atoms with E-state index in [2.05, 4.69) is 26.0 Å². The van der Waals surface area contributed by atoms with Gasteiger partial charge in [-0.15, -0.1) is 0 Å². The smallest absolute Gasteiger partial charge is 0.126 e. The van der Waals surface area contributed by atoms with Gasteiger partial charge in [-0.25, -0.2) is 4.39 Å². The number of halogens is 1. The lowest BCUT2D eigenvalue weighted by molar-refractivity contribution is 0.164. The van der Waals surface area contributed by atoms with Crippen LogP contribution in [0, 0.1) is 29.5 Å². The van der Waals surface area contributed by atoms with Gasteiger partial charge < -0.3 is 0 Å². The van der Waals surface area contributed by atoms with Crippen LogP contribution in [0.25, 0.3) is 0 Å². The molecule has 1 aromatic rings. The summed E-state index contributed by atoms with van der Waals surface area (Å²) < 4.78 is 15.0. The van der Waals surface area contributed by atoms with E-state index in [1.807, 2.05) is 6.07 Å². The molecule has 3 saturated carbocycles. The molecule has 27 heavy (non-hydrogen) atoms. The summed E-state index contributed by atoms with van der Waals surface area (Å²) in [5.74, 6) is 4.81. The fourth-order valence-corrected chi connectivity index (χ4v) is 6.38. The van der Waals surface area contributed by atoms with Crippen LogP contribution in [-0.4, -0.2) is 0 Å². The first-order valence-electron chi connectivity index (χ1n) is 11.9. The van der Waals surface area contributed by atoms with Crippen molar-refractivity contribution in [1.29, 1.82) is 0 Å². The van der Waals surface area contributed by atoms with Crippen LogP contribution in [0.1, 0.15) is 114 Å². The third-order valence-corrected chi connectivity index (χ3v) is 8.45. The first kappa shape index (κ1) is 19.5. The third-order valence-electron chi connectivity index (χ3n) is 8.45.